The van der Waals surface area contributed by atoms with Gasteiger partial charge in [0.1, 0.15) is 0 Å². The largest absolute Gasteiger partial charge is 0.733 e. The first kappa shape index (κ1) is 14.2. The van der Waals surface area contributed by atoms with E-state index in [4.69, 9.17) is 9.94 Å². The Kier molecular flexibility index (Phi) is 4.34. The number of hydrogen-bond donors (Lipinski definition) is 2. The Morgan fingerprint density at radius 3 is 2.37 bits per heavy atom. The first-order valence-corrected chi connectivity index (χ1v) is 7.09. The number of nitrogens with one attached hydrogen (secondary N) is 1. The number of hydrogen-bond acceptors (Lipinski definition) is 7. The number of nitrogens with zero attached hydrogens (tertiary/aromatic N) is 2. The highest BCUT2D eigenvalue weighted by atomic mass is 32.2. The van der Waals surface area contributed by atoms with Crippen LogP contribution in [0, 0.1) is 5.21 Å². The molecular formula is C10H14N3O5S-. The molecule has 1 aliphatic heterocycles. The SMILES string of the molecule is O=S(=O)(NN1CCOCC1)c1ccc(N([O-])O)cc1. The van der Waals surface area contributed by atoms with Crippen LogP contribution in [0.3, 0.4) is 0 Å². The van der Waals surface area contributed by atoms with Gasteiger partial charge in [0.05, 0.1) is 23.8 Å². The standard InChI is InChI=1S/C10H14N3O5S/c14-13(15)9-1-3-10(4-2-9)19(16,17)11-12-5-7-18-8-6-12/h1-4,11,14H,5-8H2/q-1. The van der Waals surface area contributed by atoms with E-state index in [9.17, 15) is 13.6 Å². The number of ether oxygens (including phenoxy) is 1. The van der Waals surface area contributed by atoms with Crippen molar-refractivity contribution in [2.24, 2.45) is 0 Å². The lowest BCUT2D eigenvalue weighted by molar-refractivity contribution is 0.0272. The van der Waals surface area contributed by atoms with Crippen molar-refractivity contribution in [2.45, 2.75) is 4.90 Å². The summed E-state index contributed by atoms with van der Waals surface area (Å²) in [5, 5.41) is 20.5. The van der Waals surface area contributed by atoms with Gasteiger partial charge in [0.15, 0.2) is 0 Å². The summed E-state index contributed by atoms with van der Waals surface area (Å²) in [4.78, 5) is 2.45. The number of rotatable bonds is 4. The van der Waals surface area contributed by atoms with Gasteiger partial charge >= 0.3 is 0 Å². The van der Waals surface area contributed by atoms with Crippen molar-refractivity contribution in [1.82, 2.24) is 9.84 Å². The number of benzene rings is 1. The van der Waals surface area contributed by atoms with Crippen LogP contribution in [-0.2, 0) is 14.8 Å². The van der Waals surface area contributed by atoms with Crippen molar-refractivity contribution >= 4 is 15.7 Å². The lowest BCUT2D eigenvalue weighted by Gasteiger charge is -2.27. The van der Waals surface area contributed by atoms with Crippen molar-refractivity contribution in [3.8, 4) is 0 Å². The molecule has 0 bridgehead atoms. The Balaban J connectivity index is 2.10. The zero-order valence-corrected chi connectivity index (χ0v) is 10.8. The second-order valence-corrected chi connectivity index (χ2v) is 5.62. The van der Waals surface area contributed by atoms with Crippen LogP contribution in [0.5, 0.6) is 0 Å². The Hall–Kier alpha value is -1.23. The molecule has 1 fully saturated rings. The predicted octanol–water partition coefficient (Wildman–Crippen LogP) is -0.0945. The molecule has 1 heterocycles. The van der Waals surface area contributed by atoms with Gasteiger partial charge in [0.2, 0.25) is 0 Å². The molecule has 1 aromatic carbocycles. The normalized spacial score (nSPS) is 17.4. The van der Waals surface area contributed by atoms with Gasteiger partial charge in [-0.1, -0.05) is 0 Å². The van der Waals surface area contributed by atoms with Crippen LogP contribution in [0.2, 0.25) is 0 Å². The molecule has 8 nitrogen and oxygen atoms in total. The molecule has 2 N–H and O–H groups in total. The molecular weight excluding hydrogens is 274 g/mol. The van der Waals surface area contributed by atoms with Crippen LogP contribution >= 0.6 is 0 Å². The Labute approximate surface area is 110 Å². The van der Waals surface area contributed by atoms with E-state index in [-0.39, 0.29) is 15.8 Å². The van der Waals surface area contributed by atoms with E-state index >= 15 is 0 Å². The van der Waals surface area contributed by atoms with E-state index in [1.54, 1.807) is 5.01 Å². The highest BCUT2D eigenvalue weighted by Crippen LogP contribution is 2.16. The molecule has 0 amide bonds. The fourth-order valence-electron chi connectivity index (χ4n) is 1.63. The minimum Gasteiger partial charge on any atom is -0.733 e. The van der Waals surface area contributed by atoms with Crippen LogP contribution in [0.15, 0.2) is 29.2 Å². The highest BCUT2D eigenvalue weighted by molar-refractivity contribution is 7.89. The number of sulfonamides is 1. The Bertz CT molecular complexity index is 510. The molecule has 0 saturated carbocycles. The molecule has 0 aliphatic carbocycles. The van der Waals surface area contributed by atoms with Gasteiger partial charge in [-0.3, -0.25) is 5.21 Å². The third-order valence-electron chi connectivity index (χ3n) is 2.63. The van der Waals surface area contributed by atoms with E-state index in [2.05, 4.69) is 4.83 Å². The van der Waals surface area contributed by atoms with E-state index in [0.717, 1.165) is 0 Å². The molecule has 106 valence electrons. The summed E-state index contributed by atoms with van der Waals surface area (Å²) in [5.41, 5.74) is -0.0367. The molecule has 0 unspecified atom stereocenters. The average molecular weight is 288 g/mol. The Morgan fingerprint density at radius 2 is 1.84 bits per heavy atom. The second-order valence-electron chi connectivity index (χ2n) is 3.96. The maximum atomic E-state index is 12.0. The minimum absolute atomic E-state index is 0.0181. The second kappa shape index (κ2) is 5.82. The molecule has 1 aliphatic rings. The quantitative estimate of drug-likeness (QED) is 0.746. The van der Waals surface area contributed by atoms with Crippen molar-refractivity contribution in [1.29, 1.82) is 0 Å². The summed E-state index contributed by atoms with van der Waals surface area (Å²) >= 11 is 0. The van der Waals surface area contributed by atoms with E-state index in [0.29, 0.717) is 26.3 Å². The van der Waals surface area contributed by atoms with Gasteiger partial charge in [-0.25, -0.2) is 13.4 Å². The fourth-order valence-corrected chi connectivity index (χ4v) is 2.75. The molecule has 19 heavy (non-hydrogen) atoms. The van der Waals surface area contributed by atoms with Crippen molar-refractivity contribution in [3.63, 3.8) is 0 Å². The molecule has 9 heteroatoms. The molecule has 0 atom stereocenters. The average Bonchev–Trinajstić information content (AvgIpc) is 2.39. The topological polar surface area (TPSA) is 105 Å². The maximum Gasteiger partial charge on any atom is 0.253 e. The minimum atomic E-state index is -3.68. The molecule has 0 spiro atoms. The first-order valence-electron chi connectivity index (χ1n) is 5.60. The molecule has 2 rings (SSSR count). The van der Waals surface area contributed by atoms with Gasteiger partial charge < -0.3 is 15.2 Å². The van der Waals surface area contributed by atoms with Gasteiger partial charge in [0.25, 0.3) is 10.0 Å². The number of anilines is 1. The summed E-state index contributed by atoms with van der Waals surface area (Å²) in [6, 6.07) is 4.94. The van der Waals surface area contributed by atoms with Crippen LogP contribution < -0.4 is 10.1 Å². The summed E-state index contributed by atoms with van der Waals surface area (Å²) in [7, 11) is -3.68. The van der Waals surface area contributed by atoms with E-state index in [1.165, 1.54) is 24.3 Å². The summed E-state index contributed by atoms with van der Waals surface area (Å²) < 4.78 is 29.2. The number of hydrazine groups is 1. The molecule has 1 saturated heterocycles. The van der Waals surface area contributed by atoms with E-state index < -0.39 is 10.0 Å². The smallest absolute Gasteiger partial charge is 0.253 e. The van der Waals surface area contributed by atoms with Gasteiger partial charge in [-0.2, -0.15) is 0 Å². The monoisotopic (exact) mass is 288 g/mol. The van der Waals surface area contributed by atoms with Crippen LogP contribution in [-0.4, -0.2) is 44.9 Å². The van der Waals surface area contributed by atoms with Crippen molar-refractivity contribution in [3.05, 3.63) is 29.5 Å². The Morgan fingerprint density at radius 1 is 1.26 bits per heavy atom. The summed E-state index contributed by atoms with van der Waals surface area (Å²) in [6.45, 7) is 1.89. The summed E-state index contributed by atoms with van der Waals surface area (Å²) in [6.07, 6.45) is 0. The highest BCUT2D eigenvalue weighted by Gasteiger charge is 2.19. The van der Waals surface area contributed by atoms with Gasteiger partial charge in [0, 0.05) is 13.1 Å². The fraction of sp³-hybridized carbons (Fsp3) is 0.400. The molecule has 1 aromatic rings. The van der Waals surface area contributed by atoms with Gasteiger partial charge in [-0.05, 0) is 24.3 Å². The van der Waals surface area contributed by atoms with Crippen LogP contribution in [0.1, 0.15) is 0 Å². The van der Waals surface area contributed by atoms with Gasteiger partial charge in [-0.15, -0.1) is 4.83 Å². The van der Waals surface area contributed by atoms with Crippen LogP contribution in [0.25, 0.3) is 0 Å². The summed E-state index contributed by atoms with van der Waals surface area (Å²) in [5.74, 6) is 0. The lowest BCUT2D eigenvalue weighted by Crippen LogP contribution is -2.48. The maximum absolute atomic E-state index is 12.0. The molecule has 0 radical (unpaired) electrons. The van der Waals surface area contributed by atoms with E-state index in [1.807, 2.05) is 0 Å². The third-order valence-corrected chi connectivity index (χ3v) is 4.02. The number of morpholine rings is 1. The zero-order valence-electron chi connectivity index (χ0n) is 10.0. The molecule has 0 aromatic heterocycles. The van der Waals surface area contributed by atoms with Crippen molar-refractivity contribution < 1.29 is 18.4 Å². The van der Waals surface area contributed by atoms with Crippen LogP contribution in [0.4, 0.5) is 5.69 Å². The first-order chi connectivity index (χ1) is 8.99. The zero-order chi connectivity index (χ0) is 13.9. The predicted molar refractivity (Wildman–Crippen MR) is 66.8 cm³/mol. The van der Waals surface area contributed by atoms with Crippen molar-refractivity contribution in [2.75, 3.05) is 31.5 Å². The third kappa shape index (κ3) is 3.62. The lowest BCUT2D eigenvalue weighted by atomic mass is 10.3.